The number of nitrogens with zero attached hydrogens (tertiary/aromatic N) is 3. The van der Waals surface area contributed by atoms with Crippen molar-refractivity contribution in [2.75, 3.05) is 6.61 Å². The van der Waals surface area contributed by atoms with Crippen molar-refractivity contribution in [3.05, 3.63) is 41.7 Å². The normalized spacial score (nSPS) is 19.7. The lowest BCUT2D eigenvalue weighted by Gasteiger charge is -2.20. The minimum atomic E-state index is -0.371. The van der Waals surface area contributed by atoms with Crippen LogP contribution in [0.25, 0.3) is 0 Å². The minimum absolute atomic E-state index is 0.0156. The zero-order valence-electron chi connectivity index (χ0n) is 12.5. The van der Waals surface area contributed by atoms with E-state index in [0.717, 1.165) is 11.6 Å². The van der Waals surface area contributed by atoms with Gasteiger partial charge in [-0.25, -0.2) is 4.79 Å². The molecule has 116 valence electrons. The molecule has 0 aliphatic heterocycles. The van der Waals surface area contributed by atoms with Crippen molar-refractivity contribution in [2.45, 2.75) is 29.8 Å². The Morgan fingerprint density at radius 1 is 1.50 bits per heavy atom. The fourth-order valence-electron chi connectivity index (χ4n) is 2.65. The largest absolute Gasteiger partial charge is 0.450 e. The molecule has 0 saturated heterocycles. The number of hydrogen-bond acceptors (Lipinski definition) is 5. The summed E-state index contributed by atoms with van der Waals surface area (Å²) in [7, 11) is 1.91. The number of aromatic nitrogens is 3. The van der Waals surface area contributed by atoms with E-state index in [-0.39, 0.29) is 17.4 Å². The van der Waals surface area contributed by atoms with E-state index < -0.39 is 0 Å². The Kier molecular flexibility index (Phi) is 4.33. The van der Waals surface area contributed by atoms with Crippen LogP contribution in [0.5, 0.6) is 0 Å². The van der Waals surface area contributed by atoms with Crippen LogP contribution in [0.2, 0.25) is 0 Å². The van der Waals surface area contributed by atoms with Gasteiger partial charge in [0.25, 0.3) is 0 Å². The second-order valence-electron chi connectivity index (χ2n) is 5.14. The smallest absolute Gasteiger partial charge is 0.407 e. The first kappa shape index (κ1) is 14.9. The second kappa shape index (κ2) is 6.39. The van der Waals surface area contributed by atoms with Crippen LogP contribution in [0.3, 0.4) is 0 Å². The van der Waals surface area contributed by atoms with Gasteiger partial charge in [0, 0.05) is 7.05 Å². The van der Waals surface area contributed by atoms with Gasteiger partial charge in [-0.2, -0.15) is 0 Å². The van der Waals surface area contributed by atoms with Gasteiger partial charge in [-0.1, -0.05) is 36.0 Å². The predicted molar refractivity (Wildman–Crippen MR) is 83.7 cm³/mol. The molecule has 1 heterocycles. The number of thioether (sulfide) groups is 1. The number of fused-ring (bicyclic) bond motifs is 1. The first-order valence-corrected chi connectivity index (χ1v) is 8.08. The quantitative estimate of drug-likeness (QED) is 0.937. The van der Waals surface area contributed by atoms with Crippen LogP contribution in [-0.2, 0) is 18.2 Å². The lowest BCUT2D eigenvalue weighted by molar-refractivity contribution is 0.148. The Hall–Kier alpha value is -2.02. The number of carbonyl (C=O) groups excluding carboxylic acids is 1. The van der Waals surface area contributed by atoms with Crippen LogP contribution in [-0.4, -0.2) is 33.5 Å². The Bertz CT molecular complexity index is 673. The number of nitrogens with one attached hydrogen (secondary N) is 1. The topological polar surface area (TPSA) is 69.0 Å². The highest BCUT2D eigenvalue weighted by atomic mass is 32.2. The Morgan fingerprint density at radius 3 is 3.05 bits per heavy atom. The number of aryl methyl sites for hydroxylation is 1. The summed E-state index contributed by atoms with van der Waals surface area (Å²) < 4.78 is 6.90. The second-order valence-corrected chi connectivity index (χ2v) is 6.25. The molecule has 0 spiro atoms. The maximum absolute atomic E-state index is 11.8. The monoisotopic (exact) mass is 318 g/mol. The molecule has 0 saturated carbocycles. The molecule has 6 nitrogen and oxygen atoms in total. The van der Waals surface area contributed by atoms with Crippen LogP contribution in [0.1, 0.15) is 23.3 Å². The number of rotatable bonds is 4. The number of carbonyl (C=O) groups is 1. The van der Waals surface area contributed by atoms with Crippen molar-refractivity contribution in [1.82, 2.24) is 20.1 Å². The lowest BCUT2D eigenvalue weighted by Crippen LogP contribution is -2.37. The summed E-state index contributed by atoms with van der Waals surface area (Å²) in [5, 5.41) is 11.9. The maximum atomic E-state index is 11.8. The van der Waals surface area contributed by atoms with E-state index in [1.807, 2.05) is 23.7 Å². The Labute approximate surface area is 133 Å². The van der Waals surface area contributed by atoms with E-state index >= 15 is 0 Å². The number of ether oxygens (including phenoxy) is 1. The highest BCUT2D eigenvalue weighted by Gasteiger charge is 2.35. The molecule has 0 fully saturated rings. The standard InChI is InChI=1S/C15H18N4O2S/c1-3-21-15(20)17-12-8-10-6-4-5-7-11(10)13(12)22-14-18-16-9-19(14)2/h4-7,9,12-13H,3,8H2,1-2H3,(H,17,20)/t12-,13-/m1/s1. The highest BCUT2D eigenvalue weighted by Crippen LogP contribution is 2.44. The molecule has 1 aliphatic carbocycles. The maximum Gasteiger partial charge on any atom is 0.407 e. The van der Waals surface area contributed by atoms with Gasteiger partial charge in [0.2, 0.25) is 0 Å². The van der Waals surface area contributed by atoms with E-state index in [2.05, 4.69) is 27.6 Å². The van der Waals surface area contributed by atoms with Gasteiger partial charge in [0.05, 0.1) is 17.9 Å². The summed E-state index contributed by atoms with van der Waals surface area (Å²) in [6, 6.07) is 8.24. The Morgan fingerprint density at radius 2 is 2.32 bits per heavy atom. The zero-order chi connectivity index (χ0) is 15.5. The summed E-state index contributed by atoms with van der Waals surface area (Å²) in [6.45, 7) is 2.17. The molecule has 1 aromatic carbocycles. The summed E-state index contributed by atoms with van der Waals surface area (Å²) in [5.74, 6) is 0. The fraction of sp³-hybridized carbons (Fsp3) is 0.400. The van der Waals surface area contributed by atoms with Crippen LogP contribution in [0.4, 0.5) is 4.79 Å². The number of amides is 1. The van der Waals surface area contributed by atoms with Gasteiger partial charge in [-0.05, 0) is 24.5 Å². The lowest BCUT2D eigenvalue weighted by atomic mass is 10.1. The number of benzene rings is 1. The van der Waals surface area contributed by atoms with Crippen molar-refractivity contribution in [3.8, 4) is 0 Å². The molecule has 3 rings (SSSR count). The van der Waals surface area contributed by atoms with Crippen LogP contribution in [0.15, 0.2) is 35.7 Å². The van der Waals surface area contributed by atoms with Gasteiger partial charge in [-0.3, -0.25) is 0 Å². The average Bonchev–Trinajstić information content (AvgIpc) is 3.05. The van der Waals surface area contributed by atoms with Crippen molar-refractivity contribution < 1.29 is 9.53 Å². The van der Waals surface area contributed by atoms with Crippen molar-refractivity contribution in [3.63, 3.8) is 0 Å². The first-order chi connectivity index (χ1) is 10.7. The van der Waals surface area contributed by atoms with Gasteiger partial charge in [-0.15, -0.1) is 10.2 Å². The third kappa shape index (κ3) is 2.94. The van der Waals surface area contributed by atoms with E-state index in [1.54, 1.807) is 25.0 Å². The molecule has 22 heavy (non-hydrogen) atoms. The number of hydrogen-bond donors (Lipinski definition) is 1. The summed E-state index contributed by atoms with van der Waals surface area (Å²) >= 11 is 1.61. The van der Waals surface area contributed by atoms with Gasteiger partial charge in [0.1, 0.15) is 6.33 Å². The molecule has 0 unspecified atom stereocenters. The third-order valence-corrected chi connectivity index (χ3v) is 5.06. The summed E-state index contributed by atoms with van der Waals surface area (Å²) in [4.78, 5) is 11.8. The highest BCUT2D eigenvalue weighted by molar-refractivity contribution is 7.99. The van der Waals surface area contributed by atoms with Crippen molar-refractivity contribution in [1.29, 1.82) is 0 Å². The third-order valence-electron chi connectivity index (χ3n) is 3.65. The number of alkyl carbamates (subject to hydrolysis) is 1. The zero-order valence-corrected chi connectivity index (χ0v) is 13.3. The van der Waals surface area contributed by atoms with Crippen LogP contribution < -0.4 is 5.32 Å². The fourth-order valence-corrected chi connectivity index (χ4v) is 3.87. The molecule has 0 radical (unpaired) electrons. The van der Waals surface area contributed by atoms with Gasteiger partial charge in [0.15, 0.2) is 5.16 Å². The predicted octanol–water partition coefficient (Wildman–Crippen LogP) is 2.32. The van der Waals surface area contributed by atoms with E-state index in [0.29, 0.717) is 6.61 Å². The summed E-state index contributed by atoms with van der Waals surface area (Å²) in [5.41, 5.74) is 2.49. The van der Waals surface area contributed by atoms with Crippen LogP contribution >= 0.6 is 11.8 Å². The van der Waals surface area contributed by atoms with E-state index in [4.69, 9.17) is 4.74 Å². The average molecular weight is 318 g/mol. The molecular formula is C15H18N4O2S. The van der Waals surface area contributed by atoms with Crippen molar-refractivity contribution in [2.24, 2.45) is 7.05 Å². The molecule has 1 amide bonds. The molecule has 1 aliphatic rings. The Balaban J connectivity index is 1.83. The molecule has 1 aromatic heterocycles. The van der Waals surface area contributed by atoms with E-state index in [1.165, 1.54) is 11.1 Å². The summed E-state index contributed by atoms with van der Waals surface area (Å²) in [6.07, 6.45) is 2.10. The van der Waals surface area contributed by atoms with E-state index in [9.17, 15) is 4.79 Å². The van der Waals surface area contributed by atoms with Gasteiger partial charge >= 0.3 is 6.09 Å². The van der Waals surface area contributed by atoms with Crippen LogP contribution in [0, 0.1) is 0 Å². The first-order valence-electron chi connectivity index (χ1n) is 7.20. The molecule has 1 N–H and O–H groups in total. The molecule has 2 atom stereocenters. The minimum Gasteiger partial charge on any atom is -0.450 e. The SMILES string of the molecule is CCOC(=O)N[C@@H]1Cc2ccccc2[C@H]1Sc1nncn1C. The van der Waals surface area contributed by atoms with Crippen molar-refractivity contribution >= 4 is 17.9 Å². The molecule has 2 aromatic rings. The molecule has 0 bridgehead atoms. The molecule has 7 heteroatoms. The molecular weight excluding hydrogens is 300 g/mol. The van der Waals surface area contributed by atoms with Gasteiger partial charge < -0.3 is 14.6 Å².